The van der Waals surface area contributed by atoms with Crippen molar-refractivity contribution in [3.05, 3.63) is 60.2 Å². The minimum Gasteiger partial charge on any atom is -0.494 e. The van der Waals surface area contributed by atoms with Crippen molar-refractivity contribution in [1.29, 1.82) is 5.41 Å². The van der Waals surface area contributed by atoms with Crippen LogP contribution in [-0.4, -0.2) is 96.5 Å². The van der Waals surface area contributed by atoms with Gasteiger partial charge in [0.25, 0.3) is 0 Å². The van der Waals surface area contributed by atoms with Gasteiger partial charge in [-0.15, -0.1) is 0 Å². The van der Waals surface area contributed by atoms with Gasteiger partial charge in [-0.3, -0.25) is 9.97 Å². The monoisotopic (exact) mass is 655 g/mol. The standard InChI is InChI=1S/C28H34N9O8P/c1-15-13-33-26(36-25(15)34-19-7-6-18-23(32-9-8-31-18)24(19)46(4,5)44)35-20-10-17(16(12-29)14-30-2)21(11-22(20)45-3)37(27(38,39)40)28(41,42)43/h6-14,29-30,38-43H,1-5H3,(H2,33,34,35,36)/b16-14+,29-12?. The van der Waals surface area contributed by atoms with Gasteiger partial charge in [-0.25, -0.2) is 9.88 Å². The first-order chi connectivity index (χ1) is 21.5. The smallest absolute Gasteiger partial charge is 0.375 e. The second kappa shape index (κ2) is 12.9. The van der Waals surface area contributed by atoms with E-state index in [1.807, 2.05) is 0 Å². The molecule has 244 valence electrons. The van der Waals surface area contributed by atoms with Crippen molar-refractivity contribution in [2.75, 3.05) is 43.0 Å². The average molecular weight is 656 g/mol. The molecule has 4 rings (SSSR count). The normalized spacial score (nSPS) is 12.5. The molecule has 0 amide bonds. The fourth-order valence-electron chi connectivity index (χ4n) is 4.67. The summed E-state index contributed by atoms with van der Waals surface area (Å²) in [5.41, 5.74) is 1.69. The Bertz CT molecular complexity index is 1840. The van der Waals surface area contributed by atoms with Gasteiger partial charge >= 0.3 is 12.2 Å². The zero-order valence-electron chi connectivity index (χ0n) is 25.4. The van der Waals surface area contributed by atoms with Gasteiger partial charge in [-0.05, 0) is 38.5 Å². The molecule has 0 spiro atoms. The first-order valence-corrected chi connectivity index (χ1v) is 16.0. The van der Waals surface area contributed by atoms with Crippen LogP contribution < -0.4 is 30.9 Å². The molecule has 0 aliphatic heterocycles. The summed E-state index contributed by atoms with van der Waals surface area (Å²) in [5.74, 6) is 0.317. The highest BCUT2D eigenvalue weighted by atomic mass is 31.2. The Hall–Kier alpha value is -4.74. The van der Waals surface area contributed by atoms with Crippen LogP contribution in [0.5, 0.6) is 5.75 Å². The van der Waals surface area contributed by atoms with E-state index in [4.69, 9.17) is 10.1 Å². The van der Waals surface area contributed by atoms with Crippen molar-refractivity contribution in [2.24, 2.45) is 0 Å². The van der Waals surface area contributed by atoms with E-state index in [9.17, 15) is 35.2 Å². The third-order valence-electron chi connectivity index (χ3n) is 6.55. The highest BCUT2D eigenvalue weighted by Crippen LogP contribution is 2.42. The maximum atomic E-state index is 13.4. The second-order valence-electron chi connectivity index (χ2n) is 10.3. The molecular formula is C28H34N9O8P. The summed E-state index contributed by atoms with van der Waals surface area (Å²) in [6, 6.07) is 5.82. The third-order valence-corrected chi connectivity index (χ3v) is 8.08. The molecule has 0 saturated carbocycles. The summed E-state index contributed by atoms with van der Waals surface area (Å²) >= 11 is 0. The van der Waals surface area contributed by atoms with Crippen molar-refractivity contribution in [3.63, 3.8) is 0 Å². The quantitative estimate of drug-likeness (QED) is 0.0571. The molecule has 0 fully saturated rings. The zero-order chi connectivity index (χ0) is 34.0. The Balaban J connectivity index is 1.84. The number of aromatic nitrogens is 4. The van der Waals surface area contributed by atoms with E-state index in [1.54, 1.807) is 38.6 Å². The molecule has 10 N–H and O–H groups in total. The van der Waals surface area contributed by atoms with E-state index >= 15 is 0 Å². The lowest BCUT2D eigenvalue weighted by atomic mass is 10.0. The maximum Gasteiger partial charge on any atom is 0.375 e. The Morgan fingerprint density at radius 2 is 1.67 bits per heavy atom. The molecule has 4 aromatic rings. The number of methoxy groups -OCH3 is 1. The highest BCUT2D eigenvalue weighted by molar-refractivity contribution is 7.71. The van der Waals surface area contributed by atoms with E-state index in [0.717, 1.165) is 12.3 Å². The summed E-state index contributed by atoms with van der Waals surface area (Å²) in [5, 5.41) is 76.7. The number of allylic oxidation sites excluding steroid dienone is 1. The van der Waals surface area contributed by atoms with Crippen molar-refractivity contribution in [3.8, 4) is 5.75 Å². The molecule has 18 heteroatoms. The van der Waals surface area contributed by atoms with Crippen LogP contribution in [0.15, 0.2) is 49.1 Å². The van der Waals surface area contributed by atoms with E-state index in [2.05, 4.69) is 35.9 Å². The molecular weight excluding hydrogens is 621 g/mol. The molecule has 0 radical (unpaired) electrons. The molecule has 0 atom stereocenters. The Kier molecular flexibility index (Phi) is 9.60. The first kappa shape index (κ1) is 34.1. The minimum atomic E-state index is -3.99. The number of fused-ring (bicyclic) bond motifs is 1. The summed E-state index contributed by atoms with van der Waals surface area (Å²) in [6.45, 7) is 5.02. The van der Waals surface area contributed by atoms with E-state index in [0.29, 0.717) is 33.4 Å². The first-order valence-electron chi connectivity index (χ1n) is 13.4. The van der Waals surface area contributed by atoms with Crippen molar-refractivity contribution >= 4 is 64.1 Å². The van der Waals surface area contributed by atoms with Gasteiger partial charge in [0.1, 0.15) is 24.2 Å². The zero-order valence-corrected chi connectivity index (χ0v) is 26.3. The van der Waals surface area contributed by atoms with Gasteiger partial charge in [-0.1, -0.05) is 0 Å². The van der Waals surface area contributed by atoms with Gasteiger partial charge in [-0.2, -0.15) is 4.98 Å². The van der Waals surface area contributed by atoms with Crippen molar-refractivity contribution in [1.82, 2.24) is 25.3 Å². The van der Waals surface area contributed by atoms with Crippen molar-refractivity contribution < 1.29 is 39.9 Å². The van der Waals surface area contributed by atoms with Gasteiger partial charge in [0.2, 0.25) is 5.95 Å². The molecule has 17 nitrogen and oxygen atoms in total. The van der Waals surface area contributed by atoms with Gasteiger partial charge in [0, 0.05) is 60.8 Å². The fourth-order valence-corrected chi connectivity index (χ4v) is 6.07. The molecule has 0 aliphatic carbocycles. The molecule has 2 heterocycles. The van der Waals surface area contributed by atoms with Crippen molar-refractivity contribution in [2.45, 2.75) is 19.1 Å². The lowest BCUT2D eigenvalue weighted by Crippen LogP contribution is -2.62. The van der Waals surface area contributed by atoms with Crippen LogP contribution >= 0.6 is 7.14 Å². The summed E-state index contributed by atoms with van der Waals surface area (Å²) in [6.07, 6.45) is -1.22. The lowest BCUT2D eigenvalue weighted by Gasteiger charge is -2.38. The Labute approximate surface area is 262 Å². The van der Waals surface area contributed by atoms with E-state index in [1.165, 1.54) is 38.8 Å². The highest BCUT2D eigenvalue weighted by Gasteiger charge is 2.46. The average Bonchev–Trinajstić information content (AvgIpc) is 2.96. The topological polar surface area (TPSA) is 262 Å². The van der Waals surface area contributed by atoms with Gasteiger partial charge in [0.15, 0.2) is 0 Å². The number of aliphatic hydroxyl groups is 6. The number of rotatable bonds is 12. The molecule has 0 bridgehead atoms. The fraction of sp³-hybridized carbons (Fsp3) is 0.250. The van der Waals surface area contributed by atoms with Crippen LogP contribution in [0.1, 0.15) is 11.1 Å². The molecule has 46 heavy (non-hydrogen) atoms. The summed E-state index contributed by atoms with van der Waals surface area (Å²) in [4.78, 5) is 17.3. The number of hydrogen-bond acceptors (Lipinski definition) is 17. The SMILES string of the molecule is CN/C=C(\C=N)c1cc(Nc2ncc(C)c(Nc3ccc4nccnc4c3P(C)(C)=O)n2)c(OC)cc1N(C(O)(O)O)C(O)(O)O. The van der Waals surface area contributed by atoms with Crippen LogP contribution in [0.4, 0.5) is 28.8 Å². The molecule has 0 aliphatic rings. The number of anilines is 5. The van der Waals surface area contributed by atoms with Gasteiger partial charge < -0.3 is 61.3 Å². The number of benzene rings is 2. The number of nitrogens with one attached hydrogen (secondary N) is 4. The summed E-state index contributed by atoms with van der Waals surface area (Å²) < 4.78 is 18.8. The maximum absolute atomic E-state index is 13.4. The van der Waals surface area contributed by atoms with E-state index < -0.39 is 25.0 Å². The largest absolute Gasteiger partial charge is 0.494 e. The Morgan fingerprint density at radius 1 is 1.00 bits per heavy atom. The van der Waals surface area contributed by atoms with E-state index in [-0.39, 0.29) is 33.4 Å². The number of ether oxygens (including phenoxy) is 1. The molecule has 0 unspecified atom stereocenters. The second-order valence-corrected chi connectivity index (χ2v) is 13.5. The van der Waals surface area contributed by atoms with Crippen LogP contribution in [-0.2, 0) is 4.57 Å². The molecule has 0 saturated heterocycles. The predicted molar refractivity (Wildman–Crippen MR) is 172 cm³/mol. The number of nitrogens with zero attached hydrogens (tertiary/aromatic N) is 5. The van der Waals surface area contributed by atoms with Crippen LogP contribution in [0.3, 0.4) is 0 Å². The number of aryl methyl sites for hydroxylation is 1. The van der Waals surface area contributed by atoms with Crippen LogP contribution in [0.25, 0.3) is 16.6 Å². The summed E-state index contributed by atoms with van der Waals surface area (Å²) in [7, 11) is -0.0989. The number of hydrogen-bond donors (Lipinski definition) is 10. The minimum absolute atomic E-state index is 0.0318. The predicted octanol–water partition coefficient (Wildman–Crippen LogP) is 0.665. The Morgan fingerprint density at radius 3 is 2.26 bits per heavy atom. The lowest BCUT2D eigenvalue weighted by molar-refractivity contribution is -0.395. The molecule has 2 aromatic heterocycles. The third kappa shape index (κ3) is 7.21. The molecule has 2 aromatic carbocycles. The van der Waals surface area contributed by atoms with Crippen LogP contribution in [0, 0.1) is 12.3 Å². The van der Waals surface area contributed by atoms with Gasteiger partial charge in [0.05, 0.1) is 35.0 Å². The van der Waals surface area contributed by atoms with Crippen LogP contribution in [0.2, 0.25) is 0 Å².